The molecule has 0 bridgehead atoms. The molecule has 98 valence electrons. The molecule has 1 aromatic heterocycles. The number of aromatic nitrogens is 1. The first-order valence-corrected chi connectivity index (χ1v) is 5.42. The number of ether oxygens (including phenoxy) is 1. The van der Waals surface area contributed by atoms with E-state index in [0.717, 1.165) is 0 Å². The van der Waals surface area contributed by atoms with Gasteiger partial charge >= 0.3 is 5.97 Å². The van der Waals surface area contributed by atoms with E-state index in [1.165, 1.54) is 19.4 Å². The van der Waals surface area contributed by atoms with Crippen LogP contribution < -0.4 is 16.4 Å². The Morgan fingerprint density at radius 1 is 1.50 bits per heavy atom. The van der Waals surface area contributed by atoms with Crippen molar-refractivity contribution in [3.05, 3.63) is 17.8 Å². The van der Waals surface area contributed by atoms with Gasteiger partial charge in [0.1, 0.15) is 11.4 Å². The van der Waals surface area contributed by atoms with Crippen LogP contribution in [0.15, 0.2) is 12.3 Å². The molecule has 7 heteroatoms. The molecule has 1 aromatic rings. The Morgan fingerprint density at radius 3 is 2.83 bits per heavy atom. The molecule has 0 saturated heterocycles. The number of esters is 1. The van der Waals surface area contributed by atoms with Crippen LogP contribution in [0.25, 0.3) is 0 Å². The van der Waals surface area contributed by atoms with E-state index in [-0.39, 0.29) is 23.8 Å². The van der Waals surface area contributed by atoms with Gasteiger partial charge in [0.15, 0.2) is 0 Å². The molecule has 7 nitrogen and oxygen atoms in total. The molecule has 0 aliphatic carbocycles. The first kappa shape index (κ1) is 13.8. The first-order chi connectivity index (χ1) is 8.58. The number of nitrogen functional groups attached to an aromatic ring is 1. The summed E-state index contributed by atoms with van der Waals surface area (Å²) in [5.74, 6) is -0.484. The van der Waals surface area contributed by atoms with E-state index in [9.17, 15) is 9.59 Å². The maximum absolute atomic E-state index is 11.5. The van der Waals surface area contributed by atoms with Crippen molar-refractivity contribution in [3.63, 3.8) is 0 Å². The summed E-state index contributed by atoms with van der Waals surface area (Å²) in [5, 5.41) is 5.38. The van der Waals surface area contributed by atoms with Crippen LogP contribution in [-0.4, -0.2) is 37.1 Å². The Hall–Kier alpha value is -2.31. The molecule has 0 unspecified atom stereocenters. The number of nitrogens with zero attached hydrogens (tertiary/aromatic N) is 1. The molecule has 0 fully saturated rings. The van der Waals surface area contributed by atoms with Gasteiger partial charge in [0.2, 0.25) is 5.91 Å². The van der Waals surface area contributed by atoms with Crippen LogP contribution in [0.4, 0.5) is 11.5 Å². The minimum atomic E-state index is -0.562. The number of carbonyl (C=O) groups is 2. The Bertz CT molecular complexity index is 448. The van der Waals surface area contributed by atoms with Crippen LogP contribution in [0.3, 0.4) is 0 Å². The van der Waals surface area contributed by atoms with Crippen molar-refractivity contribution >= 4 is 23.4 Å². The molecule has 0 atom stereocenters. The number of pyridine rings is 1. The molecular weight excluding hydrogens is 236 g/mol. The van der Waals surface area contributed by atoms with Crippen molar-refractivity contribution in [2.24, 2.45) is 0 Å². The Morgan fingerprint density at radius 2 is 2.22 bits per heavy atom. The number of anilines is 2. The monoisotopic (exact) mass is 252 g/mol. The summed E-state index contributed by atoms with van der Waals surface area (Å²) < 4.78 is 4.61. The van der Waals surface area contributed by atoms with Gasteiger partial charge in [-0.3, -0.25) is 4.79 Å². The third-order valence-corrected chi connectivity index (χ3v) is 2.10. The van der Waals surface area contributed by atoms with E-state index in [4.69, 9.17) is 5.73 Å². The van der Waals surface area contributed by atoms with Crippen molar-refractivity contribution in [2.75, 3.05) is 31.2 Å². The van der Waals surface area contributed by atoms with E-state index in [2.05, 4.69) is 20.4 Å². The summed E-state index contributed by atoms with van der Waals surface area (Å²) >= 11 is 0. The molecule has 18 heavy (non-hydrogen) atoms. The van der Waals surface area contributed by atoms with Crippen molar-refractivity contribution in [1.82, 2.24) is 10.3 Å². The number of rotatable bonds is 5. The van der Waals surface area contributed by atoms with Gasteiger partial charge < -0.3 is 21.1 Å². The average Bonchev–Trinajstić information content (AvgIpc) is 2.36. The van der Waals surface area contributed by atoms with E-state index < -0.39 is 5.97 Å². The second kappa shape index (κ2) is 6.43. The lowest BCUT2D eigenvalue weighted by atomic mass is 10.2. The number of amides is 1. The summed E-state index contributed by atoms with van der Waals surface area (Å²) in [7, 11) is 1.26. The van der Waals surface area contributed by atoms with E-state index in [1.54, 1.807) is 0 Å². The summed E-state index contributed by atoms with van der Waals surface area (Å²) in [5.41, 5.74) is 6.09. The number of hydrogen-bond donors (Lipinski definition) is 3. The number of methoxy groups -OCH3 is 1. The third-order valence-electron chi connectivity index (χ3n) is 2.10. The first-order valence-electron chi connectivity index (χ1n) is 5.42. The quantitative estimate of drug-likeness (QED) is 0.637. The minimum Gasteiger partial charge on any atom is -0.465 e. The smallest absolute Gasteiger partial charge is 0.341 e. The molecule has 0 radical (unpaired) electrons. The molecule has 0 aromatic carbocycles. The average molecular weight is 252 g/mol. The van der Waals surface area contributed by atoms with Gasteiger partial charge in [0, 0.05) is 6.54 Å². The number of likely N-dealkylation sites (N-methyl/N-ethyl adjacent to an activating group) is 1. The lowest BCUT2D eigenvalue weighted by Gasteiger charge is -2.10. The predicted molar refractivity (Wildman–Crippen MR) is 67.2 cm³/mol. The van der Waals surface area contributed by atoms with Crippen molar-refractivity contribution in [2.45, 2.75) is 6.92 Å². The molecule has 4 N–H and O–H groups in total. The van der Waals surface area contributed by atoms with Crippen LogP contribution >= 0.6 is 0 Å². The summed E-state index contributed by atoms with van der Waals surface area (Å²) in [4.78, 5) is 26.8. The normalized spacial score (nSPS) is 9.67. The molecule has 1 amide bonds. The Labute approximate surface area is 105 Å². The SMILES string of the molecule is CCNC(=O)CNc1ncc(N)cc1C(=O)OC. The fourth-order valence-corrected chi connectivity index (χ4v) is 1.31. The van der Waals surface area contributed by atoms with E-state index in [0.29, 0.717) is 12.2 Å². The zero-order valence-electron chi connectivity index (χ0n) is 10.3. The van der Waals surface area contributed by atoms with Gasteiger partial charge in [-0.15, -0.1) is 0 Å². The molecule has 0 saturated carbocycles. The number of hydrogen-bond acceptors (Lipinski definition) is 6. The largest absolute Gasteiger partial charge is 0.465 e. The van der Waals surface area contributed by atoms with Gasteiger partial charge in [0.05, 0.1) is 25.5 Å². The van der Waals surface area contributed by atoms with Crippen molar-refractivity contribution < 1.29 is 14.3 Å². The van der Waals surface area contributed by atoms with Gasteiger partial charge in [-0.25, -0.2) is 9.78 Å². The zero-order valence-corrected chi connectivity index (χ0v) is 10.3. The lowest BCUT2D eigenvalue weighted by Crippen LogP contribution is -2.30. The summed E-state index contributed by atoms with van der Waals surface area (Å²) in [6, 6.07) is 1.44. The Kier molecular flexibility index (Phi) is 4.91. The molecule has 1 heterocycles. The van der Waals surface area contributed by atoms with Crippen LogP contribution in [0, 0.1) is 0 Å². The molecule has 0 spiro atoms. The fraction of sp³-hybridized carbons (Fsp3) is 0.364. The standard InChI is InChI=1S/C11H16N4O3/c1-3-13-9(16)6-15-10-8(11(17)18-2)4-7(12)5-14-10/h4-5H,3,6,12H2,1-2H3,(H,13,16)(H,14,15). The minimum absolute atomic E-state index is 0.0226. The van der Waals surface area contributed by atoms with Crippen LogP contribution in [0.2, 0.25) is 0 Å². The topological polar surface area (TPSA) is 106 Å². The zero-order chi connectivity index (χ0) is 13.5. The molecule has 0 aliphatic heterocycles. The highest BCUT2D eigenvalue weighted by molar-refractivity contribution is 5.96. The van der Waals surface area contributed by atoms with E-state index in [1.807, 2.05) is 6.92 Å². The highest BCUT2D eigenvalue weighted by atomic mass is 16.5. The third kappa shape index (κ3) is 3.62. The van der Waals surface area contributed by atoms with Crippen LogP contribution in [0.5, 0.6) is 0 Å². The van der Waals surface area contributed by atoms with Crippen molar-refractivity contribution in [3.8, 4) is 0 Å². The lowest BCUT2D eigenvalue weighted by molar-refractivity contribution is -0.119. The van der Waals surface area contributed by atoms with Crippen LogP contribution in [-0.2, 0) is 9.53 Å². The summed E-state index contributed by atoms with van der Waals surface area (Å²) in [6.45, 7) is 2.38. The summed E-state index contributed by atoms with van der Waals surface area (Å²) in [6.07, 6.45) is 1.40. The number of nitrogens with two attached hydrogens (primary N) is 1. The van der Waals surface area contributed by atoms with Crippen molar-refractivity contribution in [1.29, 1.82) is 0 Å². The predicted octanol–water partition coefficient (Wildman–Crippen LogP) is -0.00160. The highest BCUT2D eigenvalue weighted by Crippen LogP contribution is 2.16. The maximum Gasteiger partial charge on any atom is 0.341 e. The van der Waals surface area contributed by atoms with Gasteiger partial charge in [-0.05, 0) is 13.0 Å². The number of nitrogens with one attached hydrogen (secondary N) is 2. The highest BCUT2D eigenvalue weighted by Gasteiger charge is 2.14. The Balaban J connectivity index is 2.81. The molecular formula is C11H16N4O3. The van der Waals surface area contributed by atoms with Crippen LogP contribution in [0.1, 0.15) is 17.3 Å². The maximum atomic E-state index is 11.5. The fourth-order valence-electron chi connectivity index (χ4n) is 1.31. The second-order valence-electron chi connectivity index (χ2n) is 3.46. The number of carbonyl (C=O) groups excluding carboxylic acids is 2. The van der Waals surface area contributed by atoms with Gasteiger partial charge in [-0.2, -0.15) is 0 Å². The van der Waals surface area contributed by atoms with E-state index >= 15 is 0 Å². The molecule has 0 aliphatic rings. The van der Waals surface area contributed by atoms with Gasteiger partial charge in [-0.1, -0.05) is 0 Å². The molecule has 1 rings (SSSR count). The van der Waals surface area contributed by atoms with Gasteiger partial charge in [0.25, 0.3) is 0 Å². The second-order valence-corrected chi connectivity index (χ2v) is 3.46.